The topological polar surface area (TPSA) is 90.5 Å². The van der Waals surface area contributed by atoms with E-state index in [1.807, 2.05) is 22.8 Å². The number of nitrogens with one attached hydrogen (secondary N) is 1. The molecule has 0 aliphatic heterocycles. The lowest BCUT2D eigenvalue weighted by Crippen LogP contribution is -2.27. The maximum absolute atomic E-state index is 12.5. The standard InChI is InChI=1S/C15H19N5O3S/c1-3-19-14(22)13-10(6-9-24-13)20-11(17-18-15(19)20)4-5-12(21)16-7-8-23-2/h6,9H,3-5,7-8H2,1-2H3,(H,16,21). The summed E-state index contributed by atoms with van der Waals surface area (Å²) in [4.78, 5) is 24.3. The van der Waals surface area contributed by atoms with Crippen molar-refractivity contribution in [3.05, 3.63) is 27.6 Å². The van der Waals surface area contributed by atoms with Gasteiger partial charge in [-0.25, -0.2) is 0 Å². The quantitative estimate of drug-likeness (QED) is 0.638. The number of fused-ring (bicyclic) bond motifs is 3. The summed E-state index contributed by atoms with van der Waals surface area (Å²) in [6.45, 7) is 3.39. The summed E-state index contributed by atoms with van der Waals surface area (Å²) in [5.41, 5.74) is 0.746. The Labute approximate surface area is 142 Å². The molecule has 3 heterocycles. The normalized spacial score (nSPS) is 11.4. The largest absolute Gasteiger partial charge is 0.383 e. The Morgan fingerprint density at radius 3 is 3.00 bits per heavy atom. The van der Waals surface area contributed by atoms with Gasteiger partial charge in [-0.15, -0.1) is 21.5 Å². The number of methoxy groups -OCH3 is 1. The highest BCUT2D eigenvalue weighted by atomic mass is 32.1. The van der Waals surface area contributed by atoms with Crippen LogP contribution >= 0.6 is 11.3 Å². The molecule has 8 nitrogen and oxygen atoms in total. The van der Waals surface area contributed by atoms with Crippen LogP contribution in [-0.4, -0.2) is 45.3 Å². The van der Waals surface area contributed by atoms with Crippen molar-refractivity contribution in [1.82, 2.24) is 24.5 Å². The van der Waals surface area contributed by atoms with Crippen LogP contribution in [0.2, 0.25) is 0 Å². The second kappa shape index (κ2) is 7.10. The fourth-order valence-corrected chi connectivity index (χ4v) is 3.46. The Morgan fingerprint density at radius 2 is 2.25 bits per heavy atom. The van der Waals surface area contributed by atoms with E-state index in [0.29, 0.717) is 48.8 Å². The van der Waals surface area contributed by atoms with E-state index >= 15 is 0 Å². The Bertz CT molecular complexity index is 926. The van der Waals surface area contributed by atoms with Crippen molar-refractivity contribution in [3.63, 3.8) is 0 Å². The number of carbonyl (C=O) groups is 1. The molecule has 0 aliphatic carbocycles. The van der Waals surface area contributed by atoms with Crippen molar-refractivity contribution >= 4 is 33.2 Å². The minimum Gasteiger partial charge on any atom is -0.383 e. The van der Waals surface area contributed by atoms with Gasteiger partial charge in [0.2, 0.25) is 11.7 Å². The highest BCUT2D eigenvalue weighted by Crippen LogP contribution is 2.20. The van der Waals surface area contributed by atoms with Crippen LogP contribution in [-0.2, 0) is 22.5 Å². The zero-order valence-electron chi connectivity index (χ0n) is 13.6. The molecule has 0 spiro atoms. The van der Waals surface area contributed by atoms with Crippen LogP contribution in [0.3, 0.4) is 0 Å². The van der Waals surface area contributed by atoms with Crippen molar-refractivity contribution in [3.8, 4) is 0 Å². The minimum atomic E-state index is -0.0609. The highest BCUT2D eigenvalue weighted by molar-refractivity contribution is 7.17. The molecule has 3 rings (SSSR count). The van der Waals surface area contributed by atoms with Gasteiger partial charge >= 0.3 is 0 Å². The summed E-state index contributed by atoms with van der Waals surface area (Å²) >= 11 is 1.41. The molecule has 1 amide bonds. The molecule has 24 heavy (non-hydrogen) atoms. The first kappa shape index (κ1) is 16.6. The summed E-state index contributed by atoms with van der Waals surface area (Å²) in [5.74, 6) is 1.13. The molecule has 3 aromatic rings. The molecule has 0 unspecified atom stereocenters. The van der Waals surface area contributed by atoms with E-state index in [1.165, 1.54) is 11.3 Å². The first-order valence-electron chi connectivity index (χ1n) is 7.77. The minimum absolute atomic E-state index is 0.0498. The van der Waals surface area contributed by atoms with Crippen molar-refractivity contribution in [2.24, 2.45) is 0 Å². The maximum Gasteiger partial charge on any atom is 0.272 e. The Balaban J connectivity index is 1.91. The molecular weight excluding hydrogens is 330 g/mol. The summed E-state index contributed by atoms with van der Waals surface area (Å²) in [7, 11) is 1.59. The number of aryl methyl sites for hydroxylation is 2. The van der Waals surface area contributed by atoms with Gasteiger partial charge in [0.25, 0.3) is 5.56 Å². The molecule has 1 N–H and O–H groups in total. The summed E-state index contributed by atoms with van der Waals surface area (Å²) < 4.78 is 9.06. The van der Waals surface area contributed by atoms with Gasteiger partial charge < -0.3 is 10.1 Å². The number of aromatic nitrogens is 4. The van der Waals surface area contributed by atoms with Crippen molar-refractivity contribution in [1.29, 1.82) is 0 Å². The second-order valence-corrected chi connectivity index (χ2v) is 6.19. The molecule has 0 atom stereocenters. The summed E-state index contributed by atoms with van der Waals surface area (Å²) in [6, 6.07) is 1.89. The lowest BCUT2D eigenvalue weighted by Gasteiger charge is -2.07. The van der Waals surface area contributed by atoms with Gasteiger partial charge in [-0.2, -0.15) is 0 Å². The number of rotatable bonds is 7. The number of nitrogens with zero attached hydrogens (tertiary/aromatic N) is 4. The molecule has 0 fully saturated rings. The van der Waals surface area contributed by atoms with Gasteiger partial charge in [0, 0.05) is 33.0 Å². The third kappa shape index (κ3) is 2.92. The molecule has 0 saturated heterocycles. The molecule has 0 radical (unpaired) electrons. The first-order chi connectivity index (χ1) is 11.7. The predicted octanol–water partition coefficient (Wildman–Crippen LogP) is 0.821. The van der Waals surface area contributed by atoms with Crippen molar-refractivity contribution < 1.29 is 9.53 Å². The third-order valence-corrected chi connectivity index (χ3v) is 4.69. The lowest BCUT2D eigenvalue weighted by atomic mass is 10.2. The number of carbonyl (C=O) groups excluding carboxylic acids is 1. The van der Waals surface area contributed by atoms with Crippen LogP contribution < -0.4 is 10.9 Å². The van der Waals surface area contributed by atoms with Crippen LogP contribution in [0.1, 0.15) is 19.2 Å². The smallest absolute Gasteiger partial charge is 0.272 e. The number of ether oxygens (including phenoxy) is 1. The number of amides is 1. The van der Waals surface area contributed by atoms with E-state index in [-0.39, 0.29) is 11.5 Å². The Kier molecular flexibility index (Phi) is 4.91. The van der Waals surface area contributed by atoms with Crippen molar-refractivity contribution in [2.45, 2.75) is 26.3 Å². The van der Waals surface area contributed by atoms with Crippen LogP contribution in [0.15, 0.2) is 16.2 Å². The first-order valence-corrected chi connectivity index (χ1v) is 8.65. The van der Waals surface area contributed by atoms with Gasteiger partial charge in [-0.3, -0.25) is 18.6 Å². The average Bonchev–Trinajstić information content (AvgIpc) is 3.20. The maximum atomic E-state index is 12.5. The van der Waals surface area contributed by atoms with Gasteiger partial charge in [0.1, 0.15) is 10.5 Å². The molecule has 0 aliphatic rings. The monoisotopic (exact) mass is 349 g/mol. The fraction of sp³-hybridized carbons (Fsp3) is 0.467. The van der Waals surface area contributed by atoms with E-state index in [0.717, 1.165) is 5.52 Å². The molecule has 3 aromatic heterocycles. The zero-order valence-corrected chi connectivity index (χ0v) is 14.4. The van der Waals surface area contributed by atoms with Crippen LogP contribution in [0.25, 0.3) is 16.0 Å². The number of hydrogen-bond acceptors (Lipinski definition) is 6. The Hall–Kier alpha value is -2.26. The van der Waals surface area contributed by atoms with Crippen LogP contribution in [0.5, 0.6) is 0 Å². The van der Waals surface area contributed by atoms with E-state index in [1.54, 1.807) is 11.7 Å². The summed E-state index contributed by atoms with van der Waals surface area (Å²) in [6.07, 6.45) is 0.758. The van der Waals surface area contributed by atoms with Gasteiger partial charge in [-0.1, -0.05) is 0 Å². The fourth-order valence-electron chi connectivity index (χ4n) is 2.63. The zero-order chi connectivity index (χ0) is 17.1. The molecular formula is C15H19N5O3S. The van der Waals surface area contributed by atoms with Crippen LogP contribution in [0.4, 0.5) is 0 Å². The van der Waals surface area contributed by atoms with Crippen molar-refractivity contribution in [2.75, 3.05) is 20.3 Å². The van der Waals surface area contributed by atoms with E-state index in [4.69, 9.17) is 4.74 Å². The molecule has 0 saturated carbocycles. The predicted molar refractivity (Wildman–Crippen MR) is 91.5 cm³/mol. The lowest BCUT2D eigenvalue weighted by molar-refractivity contribution is -0.121. The average molecular weight is 349 g/mol. The summed E-state index contributed by atoms with van der Waals surface area (Å²) in [5, 5.41) is 13.0. The molecule has 0 bridgehead atoms. The molecule has 128 valence electrons. The van der Waals surface area contributed by atoms with E-state index in [2.05, 4.69) is 15.5 Å². The van der Waals surface area contributed by atoms with Gasteiger partial charge in [0.05, 0.1) is 12.1 Å². The van der Waals surface area contributed by atoms with E-state index < -0.39 is 0 Å². The third-order valence-electron chi connectivity index (χ3n) is 3.80. The SMILES string of the molecule is CCn1c(=O)c2sccc2n2c(CCC(=O)NCCOC)nnc12. The highest BCUT2D eigenvalue weighted by Gasteiger charge is 2.17. The van der Waals surface area contributed by atoms with Crippen LogP contribution in [0, 0.1) is 0 Å². The molecule has 9 heteroatoms. The molecule has 0 aromatic carbocycles. The number of thiophene rings is 1. The second-order valence-electron chi connectivity index (χ2n) is 5.28. The number of hydrogen-bond donors (Lipinski definition) is 1. The Morgan fingerprint density at radius 1 is 1.42 bits per heavy atom. The van der Waals surface area contributed by atoms with Gasteiger partial charge in [-0.05, 0) is 18.4 Å². The van der Waals surface area contributed by atoms with Gasteiger partial charge in [0.15, 0.2) is 0 Å². The van der Waals surface area contributed by atoms with E-state index in [9.17, 15) is 9.59 Å².